The monoisotopic (exact) mass is 339 g/mol. The quantitative estimate of drug-likeness (QED) is 0.661. The summed E-state index contributed by atoms with van der Waals surface area (Å²) in [7, 11) is 0. The van der Waals surface area contributed by atoms with E-state index >= 15 is 0 Å². The van der Waals surface area contributed by atoms with E-state index in [0.717, 1.165) is 25.3 Å². The highest BCUT2D eigenvalue weighted by molar-refractivity contribution is 5.94. The zero-order chi connectivity index (χ0) is 15.5. The van der Waals surface area contributed by atoms with Crippen LogP contribution in [0.1, 0.15) is 36.0 Å². The van der Waals surface area contributed by atoms with Crippen molar-refractivity contribution in [2.75, 3.05) is 19.6 Å². The summed E-state index contributed by atoms with van der Waals surface area (Å²) in [5.41, 5.74) is 0.366. The van der Waals surface area contributed by atoms with Crippen LogP contribution in [0.15, 0.2) is 24.3 Å². The number of likely N-dealkylation sites (tertiary alicyclic amines) is 1. The highest BCUT2D eigenvalue weighted by atomic mass is 35.5. The first-order chi connectivity index (χ1) is 10.6. The van der Waals surface area contributed by atoms with Crippen molar-refractivity contribution in [1.82, 2.24) is 10.2 Å². The number of rotatable bonds is 5. The predicted octanol–water partition coefficient (Wildman–Crippen LogP) is 2.62. The first-order valence-corrected chi connectivity index (χ1v) is 7.90. The lowest BCUT2D eigenvalue weighted by atomic mass is 10.0. The molecule has 1 aliphatic heterocycles. The lowest BCUT2D eigenvalue weighted by Crippen LogP contribution is -2.45. The van der Waals surface area contributed by atoms with E-state index in [0.29, 0.717) is 24.7 Å². The molecule has 1 saturated carbocycles. The van der Waals surface area contributed by atoms with E-state index in [1.54, 1.807) is 17.0 Å². The van der Waals surface area contributed by atoms with Gasteiger partial charge in [-0.2, -0.15) is 0 Å². The van der Waals surface area contributed by atoms with Crippen LogP contribution in [0, 0.1) is 16.0 Å². The van der Waals surface area contributed by atoms with Gasteiger partial charge >= 0.3 is 0 Å². The van der Waals surface area contributed by atoms with E-state index in [1.807, 2.05) is 0 Å². The Kier molecular flexibility index (Phi) is 5.96. The van der Waals surface area contributed by atoms with Crippen molar-refractivity contribution in [2.45, 2.75) is 31.7 Å². The minimum atomic E-state index is -0.467. The Morgan fingerprint density at radius 3 is 2.57 bits per heavy atom. The second-order valence-electron chi connectivity index (χ2n) is 6.23. The minimum Gasteiger partial charge on any atom is -0.339 e. The topological polar surface area (TPSA) is 75.5 Å². The van der Waals surface area contributed by atoms with Crippen LogP contribution in [0.5, 0.6) is 0 Å². The third kappa shape index (κ3) is 4.65. The molecule has 126 valence electrons. The molecule has 1 aliphatic carbocycles. The number of nitro benzene ring substituents is 1. The molecule has 1 aromatic carbocycles. The molecule has 0 atom stereocenters. The fraction of sp³-hybridized carbons (Fsp3) is 0.562. The Balaban J connectivity index is 0.00000192. The Morgan fingerprint density at radius 1 is 1.26 bits per heavy atom. The van der Waals surface area contributed by atoms with Gasteiger partial charge in [-0.25, -0.2) is 0 Å². The molecule has 3 rings (SSSR count). The molecule has 1 amide bonds. The molecule has 0 unspecified atom stereocenters. The molecule has 2 aliphatic rings. The second kappa shape index (κ2) is 7.75. The van der Waals surface area contributed by atoms with Crippen molar-refractivity contribution in [3.05, 3.63) is 39.9 Å². The molecule has 1 saturated heterocycles. The molecular weight excluding hydrogens is 318 g/mol. The zero-order valence-electron chi connectivity index (χ0n) is 12.9. The SMILES string of the molecule is Cl.O=C(c1cccc([N+](=O)[O-])c1)N1CCC(NCC2CC2)CC1. The molecule has 0 bridgehead atoms. The normalized spacial score (nSPS) is 18.3. The number of non-ortho nitro benzene ring substituents is 1. The maximum atomic E-state index is 12.4. The van der Waals surface area contributed by atoms with Crippen molar-refractivity contribution in [3.63, 3.8) is 0 Å². The average Bonchev–Trinajstić information content (AvgIpc) is 3.37. The number of amides is 1. The highest BCUT2D eigenvalue weighted by Gasteiger charge is 2.26. The van der Waals surface area contributed by atoms with Crippen molar-refractivity contribution in [2.24, 2.45) is 5.92 Å². The van der Waals surface area contributed by atoms with Gasteiger partial charge in [0, 0.05) is 36.8 Å². The number of carbonyl (C=O) groups excluding carboxylic acids is 1. The van der Waals surface area contributed by atoms with E-state index in [9.17, 15) is 14.9 Å². The summed E-state index contributed by atoms with van der Waals surface area (Å²) in [6.07, 6.45) is 4.59. The van der Waals surface area contributed by atoms with Crippen molar-refractivity contribution < 1.29 is 9.72 Å². The smallest absolute Gasteiger partial charge is 0.270 e. The molecule has 0 radical (unpaired) electrons. The molecule has 2 fully saturated rings. The predicted molar refractivity (Wildman–Crippen MR) is 90.0 cm³/mol. The number of carbonyl (C=O) groups is 1. The summed E-state index contributed by atoms with van der Waals surface area (Å²) in [4.78, 5) is 24.6. The number of nitrogens with zero attached hydrogens (tertiary/aromatic N) is 2. The third-order valence-corrected chi connectivity index (χ3v) is 4.48. The number of hydrogen-bond donors (Lipinski definition) is 1. The van der Waals surface area contributed by atoms with Crippen molar-refractivity contribution in [3.8, 4) is 0 Å². The number of benzene rings is 1. The lowest BCUT2D eigenvalue weighted by Gasteiger charge is -2.32. The summed E-state index contributed by atoms with van der Waals surface area (Å²) >= 11 is 0. The van der Waals surface area contributed by atoms with Crippen LogP contribution >= 0.6 is 12.4 Å². The van der Waals surface area contributed by atoms with Gasteiger partial charge in [0.05, 0.1) is 4.92 Å². The third-order valence-electron chi connectivity index (χ3n) is 4.48. The Morgan fingerprint density at radius 2 is 1.96 bits per heavy atom. The van der Waals surface area contributed by atoms with E-state index < -0.39 is 4.92 Å². The lowest BCUT2D eigenvalue weighted by molar-refractivity contribution is -0.384. The van der Waals surface area contributed by atoms with Gasteiger partial charge in [-0.3, -0.25) is 14.9 Å². The molecule has 7 heteroatoms. The largest absolute Gasteiger partial charge is 0.339 e. The Labute approximate surface area is 141 Å². The maximum Gasteiger partial charge on any atom is 0.270 e. The Bertz CT molecular complexity index is 569. The molecular formula is C16H22ClN3O3. The summed E-state index contributed by atoms with van der Waals surface area (Å²) in [5.74, 6) is 0.758. The van der Waals surface area contributed by atoms with Crippen molar-refractivity contribution >= 4 is 24.0 Å². The summed E-state index contributed by atoms with van der Waals surface area (Å²) in [5, 5.41) is 14.4. The molecule has 1 heterocycles. The van der Waals surface area contributed by atoms with Crippen LogP contribution in [0.25, 0.3) is 0 Å². The van der Waals surface area contributed by atoms with Gasteiger partial charge in [0.15, 0.2) is 0 Å². The molecule has 23 heavy (non-hydrogen) atoms. The van der Waals surface area contributed by atoms with Crippen LogP contribution in [0.2, 0.25) is 0 Å². The van der Waals surface area contributed by atoms with Gasteiger partial charge in [-0.05, 0) is 44.2 Å². The molecule has 0 aromatic heterocycles. The molecule has 1 N–H and O–H groups in total. The molecule has 6 nitrogen and oxygen atoms in total. The molecule has 0 spiro atoms. The second-order valence-corrected chi connectivity index (χ2v) is 6.23. The average molecular weight is 340 g/mol. The number of nitrogens with one attached hydrogen (secondary N) is 1. The number of hydrogen-bond acceptors (Lipinski definition) is 4. The standard InChI is InChI=1S/C16H21N3O3.ClH/c20-16(13-2-1-3-15(10-13)19(21)22)18-8-6-14(7-9-18)17-11-12-4-5-12;/h1-3,10,12,14,17H,4-9,11H2;1H. The Hall–Kier alpha value is -1.66. The van der Waals surface area contributed by atoms with Crippen LogP contribution < -0.4 is 5.32 Å². The summed E-state index contributed by atoms with van der Waals surface area (Å²) < 4.78 is 0. The minimum absolute atomic E-state index is 0. The van der Waals surface area contributed by atoms with Crippen molar-refractivity contribution in [1.29, 1.82) is 0 Å². The van der Waals surface area contributed by atoms with Gasteiger partial charge < -0.3 is 10.2 Å². The van der Waals surface area contributed by atoms with Gasteiger partial charge in [0.25, 0.3) is 11.6 Å². The van der Waals surface area contributed by atoms with E-state index in [-0.39, 0.29) is 24.0 Å². The number of nitro groups is 1. The first kappa shape index (κ1) is 17.7. The first-order valence-electron chi connectivity index (χ1n) is 7.90. The summed E-state index contributed by atoms with van der Waals surface area (Å²) in [6.45, 7) is 2.53. The van der Waals surface area contributed by atoms with Gasteiger partial charge in [0.2, 0.25) is 0 Å². The van der Waals surface area contributed by atoms with E-state index in [1.165, 1.54) is 25.0 Å². The van der Waals surface area contributed by atoms with Crippen LogP contribution in [-0.2, 0) is 0 Å². The molecule has 1 aromatic rings. The van der Waals surface area contributed by atoms with Crippen LogP contribution in [0.3, 0.4) is 0 Å². The zero-order valence-corrected chi connectivity index (χ0v) is 13.8. The fourth-order valence-corrected chi connectivity index (χ4v) is 2.88. The van der Waals surface area contributed by atoms with Gasteiger partial charge in [-0.15, -0.1) is 12.4 Å². The number of halogens is 1. The van der Waals surface area contributed by atoms with E-state index in [4.69, 9.17) is 0 Å². The van der Waals surface area contributed by atoms with Gasteiger partial charge in [0.1, 0.15) is 0 Å². The highest BCUT2D eigenvalue weighted by Crippen LogP contribution is 2.28. The van der Waals surface area contributed by atoms with E-state index in [2.05, 4.69) is 5.32 Å². The van der Waals surface area contributed by atoms with Crippen LogP contribution in [-0.4, -0.2) is 41.4 Å². The fourth-order valence-electron chi connectivity index (χ4n) is 2.88. The summed E-state index contributed by atoms with van der Waals surface area (Å²) in [6, 6.07) is 6.47. The van der Waals surface area contributed by atoms with Crippen LogP contribution in [0.4, 0.5) is 5.69 Å². The maximum absolute atomic E-state index is 12.4. The van der Waals surface area contributed by atoms with Gasteiger partial charge in [-0.1, -0.05) is 6.07 Å². The number of piperidine rings is 1.